The Balaban J connectivity index is 1.87. The van der Waals surface area contributed by atoms with Crippen LogP contribution in [0.15, 0.2) is 0 Å². The molecule has 2 fully saturated rings. The summed E-state index contributed by atoms with van der Waals surface area (Å²) < 4.78 is 0. The molecule has 1 unspecified atom stereocenters. The Morgan fingerprint density at radius 2 is 1.77 bits per heavy atom. The van der Waals surface area contributed by atoms with Crippen LogP contribution < -0.4 is 5.32 Å². The van der Waals surface area contributed by atoms with Gasteiger partial charge in [0.05, 0.1) is 0 Å². The van der Waals surface area contributed by atoms with Crippen LogP contribution >= 0.6 is 0 Å². The van der Waals surface area contributed by atoms with E-state index in [9.17, 15) is 0 Å². The molecule has 0 aromatic heterocycles. The van der Waals surface area contributed by atoms with Crippen molar-refractivity contribution < 1.29 is 0 Å². The van der Waals surface area contributed by atoms with Crippen molar-refractivity contribution in [3.63, 3.8) is 0 Å². The minimum atomic E-state index is 0.558. The second kappa shape index (κ2) is 3.61. The molecule has 0 spiro atoms. The van der Waals surface area contributed by atoms with E-state index in [-0.39, 0.29) is 0 Å². The van der Waals surface area contributed by atoms with Crippen molar-refractivity contribution in [2.45, 2.75) is 58.4 Å². The summed E-state index contributed by atoms with van der Waals surface area (Å²) in [4.78, 5) is 0. The lowest BCUT2D eigenvalue weighted by molar-refractivity contribution is 0.274. The van der Waals surface area contributed by atoms with Gasteiger partial charge in [0, 0.05) is 12.6 Å². The highest BCUT2D eigenvalue weighted by molar-refractivity contribution is 4.91. The Kier molecular flexibility index (Phi) is 2.64. The molecule has 0 aromatic rings. The van der Waals surface area contributed by atoms with Gasteiger partial charge in [0.25, 0.3) is 0 Å². The zero-order valence-electron chi connectivity index (χ0n) is 9.10. The van der Waals surface area contributed by atoms with Gasteiger partial charge in [0.1, 0.15) is 0 Å². The van der Waals surface area contributed by atoms with Crippen LogP contribution in [0.4, 0.5) is 0 Å². The van der Waals surface area contributed by atoms with Gasteiger partial charge in [-0.3, -0.25) is 0 Å². The summed E-state index contributed by atoms with van der Waals surface area (Å²) in [7, 11) is 0. The summed E-state index contributed by atoms with van der Waals surface area (Å²) in [6.07, 6.45) is 8.79. The van der Waals surface area contributed by atoms with E-state index in [1.165, 1.54) is 45.1 Å². The first-order valence-electron chi connectivity index (χ1n) is 5.91. The summed E-state index contributed by atoms with van der Waals surface area (Å²) in [5, 5.41) is 3.72. The molecule has 1 aliphatic heterocycles. The molecule has 13 heavy (non-hydrogen) atoms. The van der Waals surface area contributed by atoms with E-state index in [1.807, 2.05) is 0 Å². The minimum absolute atomic E-state index is 0.558. The van der Waals surface area contributed by atoms with Crippen molar-refractivity contribution in [1.82, 2.24) is 5.32 Å². The third-order valence-corrected chi connectivity index (χ3v) is 3.83. The van der Waals surface area contributed by atoms with E-state index < -0.39 is 0 Å². The molecule has 1 saturated heterocycles. The number of nitrogens with one attached hydrogen (secondary N) is 1. The van der Waals surface area contributed by atoms with Crippen LogP contribution in [-0.4, -0.2) is 12.6 Å². The van der Waals surface area contributed by atoms with Crippen LogP contribution in [0.3, 0.4) is 0 Å². The molecule has 76 valence electrons. The van der Waals surface area contributed by atoms with Gasteiger partial charge in [-0.2, -0.15) is 0 Å². The van der Waals surface area contributed by atoms with Crippen LogP contribution in [0, 0.1) is 11.3 Å². The van der Waals surface area contributed by atoms with Crippen LogP contribution in [0.5, 0.6) is 0 Å². The van der Waals surface area contributed by atoms with Crippen molar-refractivity contribution in [2.24, 2.45) is 11.3 Å². The first-order chi connectivity index (χ1) is 6.17. The second-order valence-corrected chi connectivity index (χ2v) is 5.75. The van der Waals surface area contributed by atoms with E-state index in [2.05, 4.69) is 19.2 Å². The standard InChI is InChI=1S/C12H23N/c1-12(2)8-11(13-9-12)10-6-4-3-5-7-10/h10-11,13H,3-9H2,1-2H3. The average molecular weight is 181 g/mol. The lowest BCUT2D eigenvalue weighted by Gasteiger charge is -2.28. The highest BCUT2D eigenvalue weighted by Crippen LogP contribution is 2.36. The summed E-state index contributed by atoms with van der Waals surface area (Å²) >= 11 is 0. The van der Waals surface area contributed by atoms with Gasteiger partial charge in [0.15, 0.2) is 0 Å². The fraction of sp³-hybridized carbons (Fsp3) is 1.00. The summed E-state index contributed by atoms with van der Waals surface area (Å²) in [6, 6.07) is 0.843. The summed E-state index contributed by atoms with van der Waals surface area (Å²) in [6.45, 7) is 6.01. The molecule has 1 nitrogen and oxygen atoms in total. The monoisotopic (exact) mass is 181 g/mol. The van der Waals surface area contributed by atoms with Crippen molar-refractivity contribution >= 4 is 0 Å². The Bertz CT molecular complexity index is 168. The first-order valence-corrected chi connectivity index (χ1v) is 5.91. The molecule has 0 bridgehead atoms. The van der Waals surface area contributed by atoms with Gasteiger partial charge in [-0.05, 0) is 30.6 Å². The largest absolute Gasteiger partial charge is 0.313 e. The lowest BCUT2D eigenvalue weighted by atomic mass is 9.80. The van der Waals surface area contributed by atoms with Gasteiger partial charge < -0.3 is 5.32 Å². The van der Waals surface area contributed by atoms with E-state index in [4.69, 9.17) is 0 Å². The number of rotatable bonds is 1. The highest BCUT2D eigenvalue weighted by atomic mass is 15.0. The topological polar surface area (TPSA) is 12.0 Å². The molecule has 1 saturated carbocycles. The van der Waals surface area contributed by atoms with Gasteiger partial charge in [-0.25, -0.2) is 0 Å². The van der Waals surface area contributed by atoms with Crippen LogP contribution in [0.2, 0.25) is 0 Å². The average Bonchev–Trinajstić information content (AvgIpc) is 2.48. The Morgan fingerprint density at radius 3 is 2.31 bits per heavy atom. The molecule has 2 rings (SSSR count). The lowest BCUT2D eigenvalue weighted by Crippen LogP contribution is -2.31. The molecule has 0 amide bonds. The third kappa shape index (κ3) is 2.25. The van der Waals surface area contributed by atoms with E-state index >= 15 is 0 Å². The van der Waals surface area contributed by atoms with E-state index in [1.54, 1.807) is 0 Å². The quantitative estimate of drug-likeness (QED) is 0.656. The molecule has 1 atom stereocenters. The van der Waals surface area contributed by atoms with Crippen molar-refractivity contribution in [3.05, 3.63) is 0 Å². The Morgan fingerprint density at radius 1 is 1.08 bits per heavy atom. The zero-order chi connectivity index (χ0) is 9.31. The van der Waals surface area contributed by atoms with Crippen molar-refractivity contribution in [2.75, 3.05) is 6.54 Å². The second-order valence-electron chi connectivity index (χ2n) is 5.75. The maximum Gasteiger partial charge on any atom is 0.0101 e. The maximum absolute atomic E-state index is 3.72. The SMILES string of the molecule is CC1(C)CNC(C2CCCCC2)C1. The Labute approximate surface area is 82.3 Å². The fourth-order valence-corrected chi connectivity index (χ4v) is 3.02. The fourth-order valence-electron chi connectivity index (χ4n) is 3.02. The normalized spacial score (nSPS) is 35.1. The van der Waals surface area contributed by atoms with Gasteiger partial charge in [-0.15, -0.1) is 0 Å². The molecule has 1 heterocycles. The first kappa shape index (κ1) is 9.51. The van der Waals surface area contributed by atoms with Crippen LogP contribution in [-0.2, 0) is 0 Å². The van der Waals surface area contributed by atoms with Gasteiger partial charge >= 0.3 is 0 Å². The predicted molar refractivity (Wildman–Crippen MR) is 56.8 cm³/mol. The molecule has 0 aromatic carbocycles. The van der Waals surface area contributed by atoms with E-state index in [0.29, 0.717) is 5.41 Å². The molecule has 1 N–H and O–H groups in total. The molecule has 2 aliphatic rings. The van der Waals surface area contributed by atoms with Gasteiger partial charge in [-0.1, -0.05) is 33.1 Å². The van der Waals surface area contributed by atoms with Crippen LogP contribution in [0.1, 0.15) is 52.4 Å². The predicted octanol–water partition coefficient (Wildman–Crippen LogP) is 2.95. The molecular weight excluding hydrogens is 158 g/mol. The molecule has 1 aliphatic carbocycles. The van der Waals surface area contributed by atoms with Gasteiger partial charge in [0.2, 0.25) is 0 Å². The third-order valence-electron chi connectivity index (χ3n) is 3.83. The summed E-state index contributed by atoms with van der Waals surface area (Å²) in [5.41, 5.74) is 0.558. The minimum Gasteiger partial charge on any atom is -0.313 e. The smallest absolute Gasteiger partial charge is 0.0101 e. The molecule has 0 radical (unpaired) electrons. The zero-order valence-corrected chi connectivity index (χ0v) is 9.10. The van der Waals surface area contributed by atoms with Crippen molar-refractivity contribution in [3.8, 4) is 0 Å². The van der Waals surface area contributed by atoms with E-state index in [0.717, 1.165) is 12.0 Å². The Hall–Kier alpha value is -0.0400. The maximum atomic E-state index is 3.72. The number of hydrogen-bond donors (Lipinski definition) is 1. The highest BCUT2D eigenvalue weighted by Gasteiger charge is 2.35. The molecule has 1 heteroatoms. The van der Waals surface area contributed by atoms with Crippen molar-refractivity contribution in [1.29, 1.82) is 0 Å². The summed E-state index contributed by atoms with van der Waals surface area (Å²) in [5.74, 6) is 0.996. The molecular formula is C12H23N. The van der Waals surface area contributed by atoms with Crippen LogP contribution in [0.25, 0.3) is 0 Å². The number of hydrogen-bond acceptors (Lipinski definition) is 1.